The van der Waals surface area contributed by atoms with Crippen LogP contribution in [0.3, 0.4) is 0 Å². The first-order valence-electron chi connectivity index (χ1n) is 26.8. The van der Waals surface area contributed by atoms with Crippen LogP contribution in [0, 0.1) is 6.92 Å². The van der Waals surface area contributed by atoms with Gasteiger partial charge in [0, 0.05) is 39.2 Å². The summed E-state index contributed by atoms with van der Waals surface area (Å²) in [5.74, 6) is 0. The van der Waals surface area contributed by atoms with Crippen LogP contribution in [-0.2, 0) is 0 Å². The highest BCUT2D eigenvalue weighted by molar-refractivity contribution is 6.33. The fraction of sp³-hybridized carbons (Fsp3) is 0.0133. The summed E-state index contributed by atoms with van der Waals surface area (Å²) >= 11 is 0. The van der Waals surface area contributed by atoms with Gasteiger partial charge in [0.05, 0.1) is 5.69 Å². The zero-order chi connectivity index (χ0) is 51.7. The molecule has 0 fully saturated rings. The van der Waals surface area contributed by atoms with Gasteiger partial charge in [0.15, 0.2) is 5.58 Å². The number of benzene rings is 13. The number of para-hydroxylation sites is 5. The Balaban J connectivity index is 1.09. The summed E-state index contributed by atoms with van der Waals surface area (Å²) in [5.41, 5.74) is 24.0. The van der Waals surface area contributed by atoms with E-state index in [2.05, 4.69) is 296 Å². The molecule has 0 N–H and O–H groups in total. The molecule has 0 saturated carbocycles. The van der Waals surface area contributed by atoms with Gasteiger partial charge in [-0.1, -0.05) is 218 Å². The van der Waals surface area contributed by atoms with Gasteiger partial charge in [0.25, 0.3) is 0 Å². The van der Waals surface area contributed by atoms with Crippen molar-refractivity contribution in [2.75, 3.05) is 9.80 Å². The molecular weight excluding hydrogens is 945 g/mol. The van der Waals surface area contributed by atoms with Gasteiger partial charge < -0.3 is 14.2 Å². The van der Waals surface area contributed by atoms with E-state index in [1.165, 1.54) is 88.3 Å². The molecule has 0 bridgehead atoms. The number of fused-ring (bicyclic) bond motifs is 9. The van der Waals surface area contributed by atoms with Gasteiger partial charge in [-0.3, -0.25) is 0 Å². The molecule has 0 unspecified atom stereocenters. The quantitative estimate of drug-likeness (QED) is 0.136. The average Bonchev–Trinajstić information content (AvgIpc) is 3.20. The maximum absolute atomic E-state index is 6.85. The highest BCUT2D eigenvalue weighted by atomic mass is 16.3. The Labute approximate surface area is 453 Å². The SMILES string of the molecule is Cc1ccccc1N(c1ccc2c(-c3ccccc3)c3c(c(-c4ccccc4)c2c1)-c1c-3c(-c2ccccc2)c2cc(N(c3ccccc3)c3ccccc3)ccc2c1-c1ccccc1)c1cccc2c1oc1ccccc12. The fourth-order valence-electron chi connectivity index (χ4n) is 12.5. The molecule has 0 amide bonds. The van der Waals surface area contributed by atoms with E-state index in [1.54, 1.807) is 0 Å². The van der Waals surface area contributed by atoms with Crippen molar-refractivity contribution in [1.29, 1.82) is 0 Å². The minimum absolute atomic E-state index is 0.855. The molecule has 0 atom stereocenters. The summed E-state index contributed by atoms with van der Waals surface area (Å²) in [5, 5.41) is 6.96. The lowest BCUT2D eigenvalue weighted by Gasteiger charge is -2.38. The summed E-state index contributed by atoms with van der Waals surface area (Å²) in [6, 6.07) is 104. The molecule has 366 valence electrons. The first-order valence-corrected chi connectivity index (χ1v) is 26.8. The van der Waals surface area contributed by atoms with Crippen LogP contribution in [0.5, 0.6) is 0 Å². The summed E-state index contributed by atoms with van der Waals surface area (Å²) in [4.78, 5) is 4.79. The van der Waals surface area contributed by atoms with Crippen molar-refractivity contribution in [1.82, 2.24) is 0 Å². The predicted molar refractivity (Wildman–Crippen MR) is 329 cm³/mol. The molecule has 3 nitrogen and oxygen atoms in total. The predicted octanol–water partition coefficient (Wildman–Crippen LogP) is 21.5. The lowest BCUT2D eigenvalue weighted by molar-refractivity contribution is 0.669. The second kappa shape index (κ2) is 18.6. The van der Waals surface area contributed by atoms with E-state index in [0.717, 1.165) is 61.6 Å². The van der Waals surface area contributed by atoms with Gasteiger partial charge in [-0.05, 0) is 168 Å². The minimum Gasteiger partial charge on any atom is -0.454 e. The van der Waals surface area contributed by atoms with Gasteiger partial charge >= 0.3 is 0 Å². The van der Waals surface area contributed by atoms with Gasteiger partial charge in [-0.2, -0.15) is 0 Å². The van der Waals surface area contributed by atoms with Crippen LogP contribution in [0.4, 0.5) is 34.1 Å². The standard InChI is InChI=1S/C75H50N2O/c1-49-25-20-22-40-64(49)77(65-41-24-39-61-58-38-21-23-42-66(58)78-75(61)65)57-44-46-60-63(48-57)70(53-32-14-5-15-33-53)74-71-67(50-26-8-2-9-27-50)59-45-43-56(76(54-34-16-6-17-35-54)55-36-18-7-19-37-55)47-62(59)69(52-30-12-4-13-31-52)73(71)72(74)68(60)51-28-10-3-11-29-51/h2-48H,1H3. The second-order valence-corrected chi connectivity index (χ2v) is 20.3. The van der Waals surface area contributed by atoms with Crippen LogP contribution < -0.4 is 9.80 Å². The van der Waals surface area contributed by atoms with Gasteiger partial charge in [0.1, 0.15) is 5.58 Å². The number of hydrogen-bond acceptors (Lipinski definition) is 3. The molecule has 3 heteroatoms. The van der Waals surface area contributed by atoms with Crippen molar-refractivity contribution in [3.63, 3.8) is 0 Å². The Morgan fingerprint density at radius 3 is 1.09 bits per heavy atom. The topological polar surface area (TPSA) is 19.6 Å². The molecule has 0 radical (unpaired) electrons. The van der Waals surface area contributed by atoms with Crippen molar-refractivity contribution in [2.24, 2.45) is 0 Å². The molecule has 1 aromatic heterocycles. The van der Waals surface area contributed by atoms with Crippen LogP contribution >= 0.6 is 0 Å². The Kier molecular flexibility index (Phi) is 10.8. The van der Waals surface area contributed by atoms with Gasteiger partial charge in [-0.15, -0.1) is 0 Å². The number of rotatable bonds is 10. The lowest BCUT2D eigenvalue weighted by Crippen LogP contribution is -2.13. The third-order valence-electron chi connectivity index (χ3n) is 15.9. The maximum Gasteiger partial charge on any atom is 0.159 e. The van der Waals surface area contributed by atoms with E-state index in [0.29, 0.717) is 0 Å². The van der Waals surface area contributed by atoms with Crippen molar-refractivity contribution in [3.8, 4) is 66.8 Å². The maximum atomic E-state index is 6.85. The molecule has 1 heterocycles. The molecule has 13 aromatic carbocycles. The first kappa shape index (κ1) is 45.2. The largest absolute Gasteiger partial charge is 0.454 e. The zero-order valence-electron chi connectivity index (χ0n) is 42.9. The van der Waals surface area contributed by atoms with Crippen molar-refractivity contribution in [2.45, 2.75) is 6.92 Å². The fourth-order valence-corrected chi connectivity index (χ4v) is 12.5. The van der Waals surface area contributed by atoms with Crippen LogP contribution in [0.2, 0.25) is 0 Å². The Hall–Kier alpha value is -10.2. The highest BCUT2D eigenvalue weighted by Gasteiger charge is 2.39. The van der Waals surface area contributed by atoms with E-state index < -0.39 is 0 Å². The molecule has 78 heavy (non-hydrogen) atoms. The molecule has 1 aliphatic carbocycles. The zero-order valence-corrected chi connectivity index (χ0v) is 42.9. The van der Waals surface area contributed by atoms with Crippen LogP contribution in [-0.4, -0.2) is 0 Å². The Morgan fingerprint density at radius 2 is 0.615 bits per heavy atom. The van der Waals surface area contributed by atoms with Crippen molar-refractivity contribution < 1.29 is 4.42 Å². The Bertz CT molecular complexity index is 4550. The van der Waals surface area contributed by atoms with E-state index in [4.69, 9.17) is 4.42 Å². The average molecular weight is 995 g/mol. The Morgan fingerprint density at radius 1 is 0.244 bits per heavy atom. The van der Waals surface area contributed by atoms with Crippen LogP contribution in [0.1, 0.15) is 5.56 Å². The third kappa shape index (κ3) is 7.20. The number of anilines is 6. The molecule has 0 spiro atoms. The van der Waals surface area contributed by atoms with Gasteiger partial charge in [-0.25, -0.2) is 0 Å². The van der Waals surface area contributed by atoms with E-state index in [9.17, 15) is 0 Å². The summed E-state index contributed by atoms with van der Waals surface area (Å²) in [7, 11) is 0. The second-order valence-electron chi connectivity index (χ2n) is 20.3. The molecule has 14 aromatic rings. The van der Waals surface area contributed by atoms with Gasteiger partial charge in [0.2, 0.25) is 0 Å². The van der Waals surface area contributed by atoms with E-state index >= 15 is 0 Å². The number of furan rings is 1. The first-order chi connectivity index (χ1) is 38.7. The molecule has 1 aliphatic rings. The summed E-state index contributed by atoms with van der Waals surface area (Å²) in [6.45, 7) is 2.20. The number of aryl methyl sites for hydroxylation is 1. The molecule has 0 saturated heterocycles. The molecule has 0 aliphatic heterocycles. The summed E-state index contributed by atoms with van der Waals surface area (Å²) < 4.78 is 6.85. The van der Waals surface area contributed by atoms with Crippen molar-refractivity contribution in [3.05, 3.63) is 291 Å². The molecule has 15 rings (SSSR count). The smallest absolute Gasteiger partial charge is 0.159 e. The van der Waals surface area contributed by atoms with Crippen LogP contribution in [0.25, 0.3) is 110 Å². The van der Waals surface area contributed by atoms with E-state index in [-0.39, 0.29) is 0 Å². The highest BCUT2D eigenvalue weighted by Crippen LogP contribution is 2.66. The number of nitrogens with zero attached hydrogens (tertiary/aromatic N) is 2. The molecular formula is C75H50N2O. The third-order valence-corrected chi connectivity index (χ3v) is 15.9. The van der Waals surface area contributed by atoms with Crippen molar-refractivity contribution >= 4 is 77.6 Å². The lowest BCUT2D eigenvalue weighted by atomic mass is 9.65. The van der Waals surface area contributed by atoms with E-state index in [1.807, 2.05) is 6.07 Å². The summed E-state index contributed by atoms with van der Waals surface area (Å²) in [6.07, 6.45) is 0. The number of hydrogen-bond donors (Lipinski definition) is 0. The normalized spacial score (nSPS) is 11.7. The minimum atomic E-state index is 0.855. The van der Waals surface area contributed by atoms with Crippen LogP contribution in [0.15, 0.2) is 290 Å². The monoisotopic (exact) mass is 994 g/mol.